The highest BCUT2D eigenvalue weighted by atomic mass is 32.2. The second-order valence-electron chi connectivity index (χ2n) is 7.61. The van der Waals surface area contributed by atoms with Gasteiger partial charge in [0.25, 0.3) is 0 Å². The number of thioether (sulfide) groups is 1. The first kappa shape index (κ1) is 18.4. The van der Waals surface area contributed by atoms with Gasteiger partial charge in [0.05, 0.1) is 13.5 Å². The average molecular weight is 382 g/mol. The normalized spacial score (nSPS) is 17.9. The van der Waals surface area contributed by atoms with Crippen LogP contribution in [0.5, 0.6) is 5.75 Å². The SMILES string of the molecule is COc1cccc2c1CCC[C@H]2CN(C)C(=O)Cc1ccc2c(c1)CCS2. The first-order chi connectivity index (χ1) is 13.2. The van der Waals surface area contributed by atoms with E-state index in [0.717, 1.165) is 49.3 Å². The van der Waals surface area contributed by atoms with Gasteiger partial charge in [-0.3, -0.25) is 4.79 Å². The number of fused-ring (bicyclic) bond motifs is 2. The maximum atomic E-state index is 12.8. The van der Waals surface area contributed by atoms with E-state index >= 15 is 0 Å². The summed E-state index contributed by atoms with van der Waals surface area (Å²) in [5, 5.41) is 0. The van der Waals surface area contributed by atoms with E-state index in [4.69, 9.17) is 4.74 Å². The summed E-state index contributed by atoms with van der Waals surface area (Å²) in [5.74, 6) is 2.75. The molecule has 27 heavy (non-hydrogen) atoms. The minimum atomic E-state index is 0.204. The maximum Gasteiger partial charge on any atom is 0.226 e. The Hall–Kier alpha value is -1.94. The van der Waals surface area contributed by atoms with Crippen molar-refractivity contribution in [1.82, 2.24) is 4.90 Å². The Bertz CT molecular complexity index is 848. The number of nitrogens with zero attached hydrogens (tertiary/aromatic N) is 1. The van der Waals surface area contributed by atoms with Crippen LogP contribution in [0.25, 0.3) is 0 Å². The second kappa shape index (κ2) is 7.97. The topological polar surface area (TPSA) is 29.5 Å². The second-order valence-corrected chi connectivity index (χ2v) is 8.75. The number of ether oxygens (including phenoxy) is 1. The Morgan fingerprint density at radius 2 is 2.15 bits per heavy atom. The quantitative estimate of drug-likeness (QED) is 0.766. The van der Waals surface area contributed by atoms with Gasteiger partial charge in [-0.15, -0.1) is 11.8 Å². The van der Waals surface area contributed by atoms with E-state index in [1.807, 2.05) is 29.8 Å². The molecule has 0 spiro atoms. The third kappa shape index (κ3) is 3.86. The lowest BCUT2D eigenvalue weighted by molar-refractivity contribution is -0.129. The van der Waals surface area contributed by atoms with E-state index in [1.165, 1.54) is 21.6 Å². The highest BCUT2D eigenvalue weighted by molar-refractivity contribution is 7.99. The summed E-state index contributed by atoms with van der Waals surface area (Å²) < 4.78 is 5.55. The molecule has 2 aliphatic rings. The summed E-state index contributed by atoms with van der Waals surface area (Å²) in [4.78, 5) is 16.1. The summed E-state index contributed by atoms with van der Waals surface area (Å²) >= 11 is 1.92. The van der Waals surface area contributed by atoms with Crippen LogP contribution in [0.1, 0.15) is 41.0 Å². The molecule has 1 amide bonds. The van der Waals surface area contributed by atoms with Crippen LogP contribution >= 0.6 is 11.8 Å². The number of amides is 1. The van der Waals surface area contributed by atoms with Crippen molar-refractivity contribution in [2.75, 3.05) is 26.5 Å². The molecule has 2 aromatic carbocycles. The van der Waals surface area contributed by atoms with Crippen molar-refractivity contribution in [3.05, 3.63) is 58.7 Å². The van der Waals surface area contributed by atoms with Crippen molar-refractivity contribution < 1.29 is 9.53 Å². The molecule has 0 bridgehead atoms. The molecule has 0 unspecified atom stereocenters. The van der Waals surface area contributed by atoms with E-state index in [9.17, 15) is 4.79 Å². The molecule has 1 heterocycles. The van der Waals surface area contributed by atoms with E-state index in [2.05, 4.69) is 30.3 Å². The molecule has 4 rings (SSSR count). The summed E-state index contributed by atoms with van der Waals surface area (Å²) in [7, 11) is 3.68. The molecule has 0 saturated carbocycles. The molecule has 1 aliphatic heterocycles. The van der Waals surface area contributed by atoms with Crippen molar-refractivity contribution >= 4 is 17.7 Å². The number of rotatable bonds is 5. The third-order valence-electron chi connectivity index (χ3n) is 5.84. The molecule has 4 heteroatoms. The maximum absolute atomic E-state index is 12.8. The lowest BCUT2D eigenvalue weighted by atomic mass is 9.82. The van der Waals surface area contributed by atoms with Gasteiger partial charge in [-0.25, -0.2) is 0 Å². The first-order valence-corrected chi connectivity index (χ1v) is 10.8. The minimum absolute atomic E-state index is 0.204. The fourth-order valence-electron chi connectivity index (χ4n) is 4.39. The lowest BCUT2D eigenvalue weighted by Crippen LogP contribution is -2.33. The average Bonchev–Trinajstić information content (AvgIpc) is 3.15. The molecular formula is C23H27NO2S. The highest BCUT2D eigenvalue weighted by Gasteiger charge is 2.25. The summed E-state index contributed by atoms with van der Waals surface area (Å²) in [6.07, 6.45) is 4.97. The van der Waals surface area contributed by atoms with Gasteiger partial charge in [0.15, 0.2) is 0 Å². The van der Waals surface area contributed by atoms with Crippen molar-refractivity contribution in [3.8, 4) is 5.75 Å². The molecule has 0 N–H and O–H groups in total. The fraction of sp³-hybridized carbons (Fsp3) is 0.435. The molecule has 0 saturated heterocycles. The number of hydrogen-bond donors (Lipinski definition) is 0. The van der Waals surface area contributed by atoms with Crippen molar-refractivity contribution in [2.45, 2.75) is 42.9 Å². The van der Waals surface area contributed by atoms with Gasteiger partial charge in [0, 0.05) is 30.2 Å². The molecule has 1 aliphatic carbocycles. The molecule has 0 fully saturated rings. The number of hydrogen-bond acceptors (Lipinski definition) is 3. The van der Waals surface area contributed by atoms with E-state index in [0.29, 0.717) is 12.3 Å². The Morgan fingerprint density at radius 1 is 1.26 bits per heavy atom. The summed E-state index contributed by atoms with van der Waals surface area (Å²) in [6, 6.07) is 12.8. The molecule has 0 radical (unpaired) electrons. The molecular weight excluding hydrogens is 354 g/mol. The molecule has 2 aromatic rings. The largest absolute Gasteiger partial charge is 0.496 e. The molecule has 1 atom stereocenters. The van der Waals surface area contributed by atoms with Crippen LogP contribution in [0.15, 0.2) is 41.3 Å². The number of aryl methyl sites for hydroxylation is 1. The van der Waals surface area contributed by atoms with Crippen molar-refractivity contribution in [1.29, 1.82) is 0 Å². The number of benzene rings is 2. The summed E-state index contributed by atoms with van der Waals surface area (Å²) in [5.41, 5.74) is 5.23. The highest BCUT2D eigenvalue weighted by Crippen LogP contribution is 2.37. The molecule has 3 nitrogen and oxygen atoms in total. The van der Waals surface area contributed by atoms with Crippen molar-refractivity contribution in [2.24, 2.45) is 0 Å². The zero-order valence-corrected chi connectivity index (χ0v) is 17.0. The van der Waals surface area contributed by atoms with Gasteiger partial charge in [-0.1, -0.05) is 24.3 Å². The number of carbonyl (C=O) groups is 1. The van der Waals surface area contributed by atoms with Gasteiger partial charge in [0.2, 0.25) is 5.91 Å². The van der Waals surface area contributed by atoms with E-state index < -0.39 is 0 Å². The predicted molar refractivity (Wildman–Crippen MR) is 111 cm³/mol. The monoisotopic (exact) mass is 381 g/mol. The predicted octanol–water partition coefficient (Wildman–Crippen LogP) is 4.46. The fourth-order valence-corrected chi connectivity index (χ4v) is 5.44. The van der Waals surface area contributed by atoms with Gasteiger partial charge < -0.3 is 9.64 Å². The van der Waals surface area contributed by atoms with Crippen LogP contribution in [0.3, 0.4) is 0 Å². The van der Waals surface area contributed by atoms with E-state index in [1.54, 1.807) is 7.11 Å². The van der Waals surface area contributed by atoms with Crippen LogP contribution in [0, 0.1) is 0 Å². The minimum Gasteiger partial charge on any atom is -0.496 e. The van der Waals surface area contributed by atoms with Gasteiger partial charge in [-0.2, -0.15) is 0 Å². The van der Waals surface area contributed by atoms with Gasteiger partial charge in [-0.05, 0) is 60.1 Å². The summed E-state index contributed by atoms with van der Waals surface area (Å²) in [6.45, 7) is 0.778. The van der Waals surface area contributed by atoms with Crippen LogP contribution in [-0.2, 0) is 24.1 Å². The Morgan fingerprint density at radius 3 is 3.00 bits per heavy atom. The van der Waals surface area contributed by atoms with Crippen LogP contribution in [-0.4, -0.2) is 37.3 Å². The van der Waals surface area contributed by atoms with Gasteiger partial charge >= 0.3 is 0 Å². The van der Waals surface area contributed by atoms with Gasteiger partial charge in [0.1, 0.15) is 5.75 Å². The Labute approximate surface area is 166 Å². The number of carbonyl (C=O) groups excluding carboxylic acids is 1. The zero-order chi connectivity index (χ0) is 18.8. The van der Waals surface area contributed by atoms with Crippen LogP contribution < -0.4 is 4.74 Å². The van der Waals surface area contributed by atoms with Crippen molar-refractivity contribution in [3.63, 3.8) is 0 Å². The standard InChI is InChI=1S/C23H27NO2S/c1-24(23(25)14-16-9-10-22-17(13-16)11-12-27-22)15-18-5-3-7-20-19(18)6-4-8-21(20)26-2/h4,6,8-10,13,18H,3,5,7,11-12,14-15H2,1-2H3/t18-/m0/s1. The first-order valence-electron chi connectivity index (χ1n) is 9.80. The third-order valence-corrected chi connectivity index (χ3v) is 6.96. The smallest absolute Gasteiger partial charge is 0.226 e. The molecule has 142 valence electrons. The molecule has 0 aromatic heterocycles. The van der Waals surface area contributed by atoms with Crippen LogP contribution in [0.2, 0.25) is 0 Å². The number of likely N-dealkylation sites (N-methyl/N-ethyl adjacent to an activating group) is 1. The van der Waals surface area contributed by atoms with Crippen LogP contribution in [0.4, 0.5) is 0 Å². The zero-order valence-electron chi connectivity index (χ0n) is 16.2. The Balaban J connectivity index is 1.44. The number of methoxy groups -OCH3 is 1. The van der Waals surface area contributed by atoms with E-state index in [-0.39, 0.29) is 5.91 Å². The lowest BCUT2D eigenvalue weighted by Gasteiger charge is -2.30. The Kier molecular flexibility index (Phi) is 5.44.